The van der Waals surface area contributed by atoms with Crippen molar-refractivity contribution in [1.29, 1.82) is 0 Å². The second-order valence-electron chi connectivity index (χ2n) is 11.2. The SMILES string of the molecule is Cc1c(-c2ccc(C)c3[nH]c(-c4cnn(CC5COC(C)(C)O5)c4)cc23)cccc1-n1cnc2ccccc2c1=O. The summed E-state index contributed by atoms with van der Waals surface area (Å²) >= 11 is 0. The zero-order chi connectivity index (χ0) is 28.3. The number of nitrogens with zero attached hydrogens (tertiary/aromatic N) is 4. The molecule has 206 valence electrons. The third kappa shape index (κ3) is 4.45. The molecule has 0 spiro atoms. The van der Waals surface area contributed by atoms with Gasteiger partial charge in [-0.3, -0.25) is 14.0 Å². The number of para-hydroxylation sites is 1. The minimum absolute atomic E-state index is 0.0325. The maximum Gasteiger partial charge on any atom is 0.265 e. The normalized spacial score (nSPS) is 16.6. The van der Waals surface area contributed by atoms with Crippen LogP contribution in [0.4, 0.5) is 0 Å². The van der Waals surface area contributed by atoms with Gasteiger partial charge in [-0.05, 0) is 74.2 Å². The van der Waals surface area contributed by atoms with Gasteiger partial charge in [0.05, 0.1) is 35.9 Å². The van der Waals surface area contributed by atoms with Crippen LogP contribution >= 0.6 is 0 Å². The standard InChI is InChI=1S/C33H31N5O3/c1-20-12-13-25(24-9-7-11-30(21(24)2)38-19-34-28-10-6-5-8-26(28)32(38)39)27-14-29(36-31(20)27)22-15-35-37(16-22)17-23-18-40-33(3,4)41-23/h5-16,19,23,36H,17-18H2,1-4H3. The van der Waals surface area contributed by atoms with Crippen LogP contribution in [0.2, 0.25) is 0 Å². The Hall–Kier alpha value is -4.53. The first-order valence-electron chi connectivity index (χ1n) is 13.8. The lowest BCUT2D eigenvalue weighted by Gasteiger charge is -2.16. The fourth-order valence-corrected chi connectivity index (χ4v) is 5.83. The van der Waals surface area contributed by atoms with Crippen LogP contribution < -0.4 is 5.56 Å². The highest BCUT2D eigenvalue weighted by atomic mass is 16.7. The third-order valence-corrected chi connectivity index (χ3v) is 7.92. The predicted octanol–water partition coefficient (Wildman–Crippen LogP) is 6.17. The van der Waals surface area contributed by atoms with Gasteiger partial charge in [0.1, 0.15) is 12.4 Å². The Morgan fingerprint density at radius 2 is 1.88 bits per heavy atom. The van der Waals surface area contributed by atoms with Crippen molar-refractivity contribution < 1.29 is 9.47 Å². The fraction of sp³-hybridized carbons (Fsp3) is 0.242. The maximum absolute atomic E-state index is 13.4. The first kappa shape index (κ1) is 25.4. The van der Waals surface area contributed by atoms with Gasteiger partial charge in [-0.1, -0.05) is 36.4 Å². The highest BCUT2D eigenvalue weighted by Crippen LogP contribution is 2.37. The molecule has 1 unspecified atom stereocenters. The van der Waals surface area contributed by atoms with Crippen molar-refractivity contribution in [2.45, 2.75) is 46.1 Å². The molecule has 1 fully saturated rings. The minimum Gasteiger partial charge on any atom is -0.354 e. The molecule has 3 aromatic heterocycles. The molecular formula is C33H31N5O3. The number of ether oxygens (including phenoxy) is 2. The summed E-state index contributed by atoms with van der Waals surface area (Å²) in [6.07, 6.45) is 5.51. The highest BCUT2D eigenvalue weighted by molar-refractivity contribution is 6.00. The summed E-state index contributed by atoms with van der Waals surface area (Å²) < 4.78 is 15.2. The number of hydrogen-bond acceptors (Lipinski definition) is 5. The number of hydrogen-bond donors (Lipinski definition) is 1. The van der Waals surface area contributed by atoms with Gasteiger partial charge >= 0.3 is 0 Å². The van der Waals surface area contributed by atoms with Gasteiger partial charge in [0.15, 0.2) is 5.79 Å². The second kappa shape index (κ2) is 9.54. The number of fused-ring (bicyclic) bond motifs is 2. The highest BCUT2D eigenvalue weighted by Gasteiger charge is 2.33. The molecule has 0 saturated carbocycles. The number of aromatic amines is 1. The largest absolute Gasteiger partial charge is 0.354 e. The van der Waals surface area contributed by atoms with Crippen LogP contribution in [0.5, 0.6) is 0 Å². The first-order chi connectivity index (χ1) is 19.8. The van der Waals surface area contributed by atoms with Crippen molar-refractivity contribution in [2.75, 3.05) is 6.61 Å². The van der Waals surface area contributed by atoms with E-state index in [0.29, 0.717) is 24.1 Å². The molecule has 8 heteroatoms. The van der Waals surface area contributed by atoms with Crippen LogP contribution in [0.1, 0.15) is 25.0 Å². The third-order valence-electron chi connectivity index (χ3n) is 7.92. The molecule has 0 aliphatic carbocycles. The molecule has 0 bridgehead atoms. The molecule has 1 N–H and O–H groups in total. The van der Waals surface area contributed by atoms with E-state index in [1.807, 2.05) is 67.3 Å². The number of benzene rings is 3. The van der Waals surface area contributed by atoms with Crippen molar-refractivity contribution in [3.8, 4) is 28.1 Å². The predicted molar refractivity (Wildman–Crippen MR) is 160 cm³/mol. The summed E-state index contributed by atoms with van der Waals surface area (Å²) in [6, 6.07) is 20.0. The summed E-state index contributed by atoms with van der Waals surface area (Å²) in [5.74, 6) is -0.556. The van der Waals surface area contributed by atoms with Crippen molar-refractivity contribution in [3.05, 3.63) is 101 Å². The Labute approximate surface area is 237 Å². The van der Waals surface area contributed by atoms with Gasteiger partial charge in [0.25, 0.3) is 5.56 Å². The number of aromatic nitrogens is 5. The van der Waals surface area contributed by atoms with E-state index in [1.54, 1.807) is 10.9 Å². The van der Waals surface area contributed by atoms with Gasteiger partial charge in [-0.25, -0.2) is 4.98 Å². The fourth-order valence-electron chi connectivity index (χ4n) is 5.83. The average molecular weight is 546 g/mol. The summed E-state index contributed by atoms with van der Waals surface area (Å²) in [7, 11) is 0. The van der Waals surface area contributed by atoms with Crippen LogP contribution in [-0.4, -0.2) is 42.8 Å². The molecule has 3 aromatic carbocycles. The van der Waals surface area contributed by atoms with Gasteiger partial charge in [0, 0.05) is 28.4 Å². The van der Waals surface area contributed by atoms with Crippen molar-refractivity contribution in [1.82, 2.24) is 24.3 Å². The molecular weight excluding hydrogens is 514 g/mol. The van der Waals surface area contributed by atoms with Crippen molar-refractivity contribution in [3.63, 3.8) is 0 Å². The van der Waals surface area contributed by atoms with E-state index in [0.717, 1.165) is 50.1 Å². The number of rotatable bonds is 5. The molecule has 4 heterocycles. The smallest absolute Gasteiger partial charge is 0.265 e. The monoisotopic (exact) mass is 545 g/mol. The summed E-state index contributed by atoms with van der Waals surface area (Å²) in [5.41, 5.74) is 8.84. The van der Waals surface area contributed by atoms with Crippen molar-refractivity contribution >= 4 is 21.8 Å². The van der Waals surface area contributed by atoms with E-state index >= 15 is 0 Å². The molecule has 0 amide bonds. The van der Waals surface area contributed by atoms with Crippen LogP contribution in [0.15, 0.2) is 84.2 Å². The molecule has 1 atom stereocenters. The quantitative estimate of drug-likeness (QED) is 0.280. The maximum atomic E-state index is 13.4. The molecule has 8 nitrogen and oxygen atoms in total. The van der Waals surface area contributed by atoms with E-state index in [4.69, 9.17) is 9.47 Å². The molecule has 0 radical (unpaired) electrons. The minimum atomic E-state index is -0.556. The number of H-pyrrole nitrogens is 1. The van der Waals surface area contributed by atoms with E-state index in [2.05, 4.69) is 53.2 Å². The zero-order valence-corrected chi connectivity index (χ0v) is 23.5. The van der Waals surface area contributed by atoms with Gasteiger partial charge in [-0.2, -0.15) is 5.10 Å². The topological polar surface area (TPSA) is 87.0 Å². The first-order valence-corrected chi connectivity index (χ1v) is 13.8. The zero-order valence-electron chi connectivity index (χ0n) is 23.5. The Morgan fingerprint density at radius 1 is 1.02 bits per heavy atom. The molecule has 1 saturated heterocycles. The van der Waals surface area contributed by atoms with Crippen LogP contribution in [-0.2, 0) is 16.0 Å². The van der Waals surface area contributed by atoms with E-state index in [-0.39, 0.29) is 11.7 Å². The van der Waals surface area contributed by atoms with Crippen LogP contribution in [0.25, 0.3) is 49.9 Å². The van der Waals surface area contributed by atoms with Crippen molar-refractivity contribution in [2.24, 2.45) is 0 Å². The summed E-state index contributed by atoms with van der Waals surface area (Å²) in [5, 5.41) is 6.31. The van der Waals surface area contributed by atoms with Crippen LogP contribution in [0, 0.1) is 13.8 Å². The Bertz CT molecular complexity index is 2000. The molecule has 6 aromatic rings. The number of aryl methyl sites for hydroxylation is 1. The van der Waals surface area contributed by atoms with E-state index in [1.165, 1.54) is 0 Å². The molecule has 1 aliphatic rings. The van der Waals surface area contributed by atoms with E-state index < -0.39 is 5.79 Å². The van der Waals surface area contributed by atoms with Gasteiger partial charge < -0.3 is 14.5 Å². The average Bonchev–Trinajstić information content (AvgIpc) is 3.69. The molecule has 41 heavy (non-hydrogen) atoms. The lowest BCUT2D eigenvalue weighted by Crippen LogP contribution is -2.24. The van der Waals surface area contributed by atoms with E-state index in [9.17, 15) is 4.79 Å². The molecule has 1 aliphatic heterocycles. The summed E-state index contributed by atoms with van der Waals surface area (Å²) in [4.78, 5) is 21.6. The second-order valence-corrected chi connectivity index (χ2v) is 11.2. The summed E-state index contributed by atoms with van der Waals surface area (Å²) in [6.45, 7) is 9.21. The van der Waals surface area contributed by atoms with Gasteiger partial charge in [0.2, 0.25) is 0 Å². The Kier molecular flexibility index (Phi) is 5.92. The lowest BCUT2D eigenvalue weighted by atomic mass is 9.95. The lowest BCUT2D eigenvalue weighted by molar-refractivity contribution is -0.139. The molecule has 7 rings (SSSR count). The van der Waals surface area contributed by atoms with Crippen LogP contribution in [0.3, 0.4) is 0 Å². The van der Waals surface area contributed by atoms with Gasteiger partial charge in [-0.15, -0.1) is 0 Å². The Balaban J connectivity index is 1.27. The Morgan fingerprint density at radius 3 is 2.71 bits per heavy atom. The number of nitrogens with one attached hydrogen (secondary N) is 1.